The summed E-state index contributed by atoms with van der Waals surface area (Å²) in [5.74, 6) is 0. The highest BCUT2D eigenvalue weighted by Gasteiger charge is 2.15. The lowest BCUT2D eigenvalue weighted by atomic mass is 9.93. The number of hydrogen-bond donors (Lipinski definition) is 1. The molecule has 0 radical (unpaired) electrons. The van der Waals surface area contributed by atoms with E-state index in [-0.39, 0.29) is 1.43 Å². The molecule has 0 saturated heterocycles. The fraction of sp³-hybridized carbons (Fsp3) is 0.0789. The van der Waals surface area contributed by atoms with Crippen LogP contribution in [0.2, 0.25) is 0 Å². The summed E-state index contributed by atoms with van der Waals surface area (Å²) in [5.41, 5.74) is 14.5. The molecule has 0 spiro atoms. The number of allylic oxidation sites excluding steroid dienone is 6. The molecular weight excluding hydrogens is 502 g/mol. The number of aromatic amines is 1. The molecule has 6 aromatic rings. The van der Waals surface area contributed by atoms with Crippen molar-refractivity contribution in [3.05, 3.63) is 143 Å². The van der Waals surface area contributed by atoms with Gasteiger partial charge in [-0.2, -0.15) is 0 Å². The molecule has 194 valence electrons. The molecule has 4 aromatic carbocycles. The third-order valence-corrected chi connectivity index (χ3v) is 9.05. The Hall–Kier alpha value is -4.62. The molecule has 0 aliphatic heterocycles. The van der Waals surface area contributed by atoms with Crippen molar-refractivity contribution in [3.8, 4) is 11.1 Å². The normalized spacial score (nSPS) is 13.4. The number of nitrogens with one attached hydrogen (secondary N) is 1. The van der Waals surface area contributed by atoms with Crippen LogP contribution < -0.4 is 0 Å². The first-order valence-corrected chi connectivity index (χ1v) is 14.7. The van der Waals surface area contributed by atoms with Crippen molar-refractivity contribution in [2.45, 2.75) is 20.3 Å². The maximum atomic E-state index is 3.65. The molecular formula is C38H31NS. The van der Waals surface area contributed by atoms with Gasteiger partial charge in [0.25, 0.3) is 0 Å². The van der Waals surface area contributed by atoms with E-state index in [1.165, 1.54) is 64.6 Å². The van der Waals surface area contributed by atoms with Gasteiger partial charge in [0, 0.05) is 49.3 Å². The van der Waals surface area contributed by atoms with E-state index >= 15 is 0 Å². The van der Waals surface area contributed by atoms with E-state index in [0.29, 0.717) is 0 Å². The Morgan fingerprint density at radius 2 is 1.68 bits per heavy atom. The quantitative estimate of drug-likeness (QED) is 0.212. The summed E-state index contributed by atoms with van der Waals surface area (Å²) in [6, 6.07) is 30.9. The van der Waals surface area contributed by atoms with Crippen LogP contribution in [0.1, 0.15) is 37.2 Å². The van der Waals surface area contributed by atoms with Gasteiger partial charge in [0.05, 0.1) is 0 Å². The van der Waals surface area contributed by atoms with Crippen LogP contribution in [0.15, 0.2) is 121 Å². The van der Waals surface area contributed by atoms with Crippen LogP contribution in [-0.4, -0.2) is 4.98 Å². The Labute approximate surface area is 240 Å². The lowest BCUT2D eigenvalue weighted by Gasteiger charge is -2.11. The summed E-state index contributed by atoms with van der Waals surface area (Å²) < 4.78 is 2.72. The molecule has 2 heteroatoms. The SMILES string of the molecule is CC/C(=C\c1c(C)[nH]c2ccc(-c3ccccc3C3=C=CC=CC=C3)cc12)c1cccc2c1sc1ccccc12.[HH]. The lowest BCUT2D eigenvalue weighted by Crippen LogP contribution is -1.88. The molecule has 0 amide bonds. The van der Waals surface area contributed by atoms with Crippen molar-refractivity contribution in [2.75, 3.05) is 0 Å². The number of hydrogen-bond acceptors (Lipinski definition) is 1. The lowest BCUT2D eigenvalue weighted by molar-refractivity contribution is 1.25. The average Bonchev–Trinajstić information content (AvgIpc) is 3.38. The maximum Gasteiger partial charge on any atom is 0.0462 e. The molecule has 0 saturated carbocycles. The van der Waals surface area contributed by atoms with Gasteiger partial charge in [-0.3, -0.25) is 0 Å². The van der Waals surface area contributed by atoms with E-state index in [4.69, 9.17) is 0 Å². The van der Waals surface area contributed by atoms with Gasteiger partial charge in [0.2, 0.25) is 0 Å². The third-order valence-electron chi connectivity index (χ3n) is 7.83. The first kappa shape index (κ1) is 24.4. The summed E-state index contributed by atoms with van der Waals surface area (Å²) >= 11 is 1.90. The minimum absolute atomic E-state index is 0. The van der Waals surface area contributed by atoms with E-state index in [1.807, 2.05) is 29.6 Å². The topological polar surface area (TPSA) is 15.8 Å². The second kappa shape index (κ2) is 10.2. The minimum Gasteiger partial charge on any atom is -0.358 e. The summed E-state index contributed by atoms with van der Waals surface area (Å²) in [7, 11) is 0. The second-order valence-corrected chi connectivity index (χ2v) is 11.3. The molecule has 1 N–H and O–H groups in total. The largest absolute Gasteiger partial charge is 0.358 e. The van der Waals surface area contributed by atoms with Crippen LogP contribution in [0.25, 0.3) is 59.4 Å². The molecule has 40 heavy (non-hydrogen) atoms. The average molecular weight is 534 g/mol. The smallest absolute Gasteiger partial charge is 0.0462 e. The zero-order valence-electron chi connectivity index (χ0n) is 22.7. The van der Waals surface area contributed by atoms with Crippen molar-refractivity contribution in [1.29, 1.82) is 0 Å². The summed E-state index contributed by atoms with van der Waals surface area (Å²) in [6.07, 6.45) is 13.6. The van der Waals surface area contributed by atoms with Crippen molar-refractivity contribution in [2.24, 2.45) is 0 Å². The summed E-state index contributed by atoms with van der Waals surface area (Å²) in [5, 5.41) is 3.94. The van der Waals surface area contributed by atoms with Crippen LogP contribution in [0.5, 0.6) is 0 Å². The van der Waals surface area contributed by atoms with Crippen molar-refractivity contribution in [3.63, 3.8) is 0 Å². The van der Waals surface area contributed by atoms with Gasteiger partial charge in [-0.05, 0) is 77.6 Å². The van der Waals surface area contributed by atoms with Gasteiger partial charge >= 0.3 is 0 Å². The Kier molecular flexibility index (Phi) is 6.21. The zero-order valence-corrected chi connectivity index (χ0v) is 23.5. The molecule has 2 aromatic heterocycles. The van der Waals surface area contributed by atoms with Gasteiger partial charge < -0.3 is 4.98 Å². The fourth-order valence-corrected chi connectivity index (χ4v) is 7.09. The first-order valence-electron chi connectivity index (χ1n) is 13.8. The molecule has 0 bridgehead atoms. The van der Waals surface area contributed by atoms with Crippen molar-refractivity contribution < 1.29 is 1.43 Å². The molecule has 0 fully saturated rings. The third kappa shape index (κ3) is 4.19. The van der Waals surface area contributed by atoms with Gasteiger partial charge in [-0.1, -0.05) is 91.9 Å². The van der Waals surface area contributed by atoms with Crippen LogP contribution in [0.4, 0.5) is 0 Å². The Morgan fingerprint density at radius 3 is 2.58 bits per heavy atom. The van der Waals surface area contributed by atoms with Gasteiger partial charge in [0.15, 0.2) is 0 Å². The van der Waals surface area contributed by atoms with E-state index in [0.717, 1.165) is 17.5 Å². The fourth-order valence-electron chi connectivity index (χ4n) is 5.84. The van der Waals surface area contributed by atoms with E-state index in [1.54, 1.807) is 0 Å². The predicted molar refractivity (Wildman–Crippen MR) is 178 cm³/mol. The minimum atomic E-state index is 0. The Morgan fingerprint density at radius 1 is 0.850 bits per heavy atom. The molecule has 0 atom stereocenters. The summed E-state index contributed by atoms with van der Waals surface area (Å²) in [6.45, 7) is 4.45. The van der Waals surface area contributed by atoms with Gasteiger partial charge in [-0.15, -0.1) is 17.1 Å². The van der Waals surface area contributed by atoms with Crippen LogP contribution in [0, 0.1) is 6.92 Å². The van der Waals surface area contributed by atoms with Crippen LogP contribution in [0.3, 0.4) is 0 Å². The standard InChI is InChI=1S/C38H29NS.H2/c1-3-26(31-18-12-19-33-32-17-10-11-20-37(32)40-38(31)33)23-34-25(2)39-36-22-21-28(24-35(34)36)30-16-9-8-15-29(30)27-13-6-4-5-7-14-27;/h4-13,15-24,39H,3H2,1-2H3;1H/b26-23+;. The van der Waals surface area contributed by atoms with Crippen LogP contribution in [-0.2, 0) is 0 Å². The second-order valence-electron chi connectivity index (χ2n) is 10.2. The maximum absolute atomic E-state index is 3.65. The number of thiophene rings is 1. The van der Waals surface area contributed by atoms with Crippen molar-refractivity contribution in [1.82, 2.24) is 4.98 Å². The van der Waals surface area contributed by atoms with Gasteiger partial charge in [0.1, 0.15) is 0 Å². The Bertz CT molecular complexity index is 2090. The predicted octanol–water partition coefficient (Wildman–Crippen LogP) is 11.4. The molecule has 0 unspecified atom stereocenters. The number of fused-ring (bicyclic) bond motifs is 4. The number of aryl methyl sites for hydroxylation is 1. The molecule has 1 aliphatic carbocycles. The van der Waals surface area contributed by atoms with E-state index < -0.39 is 0 Å². The van der Waals surface area contributed by atoms with E-state index in [2.05, 4.69) is 128 Å². The van der Waals surface area contributed by atoms with Crippen LogP contribution >= 0.6 is 11.3 Å². The molecule has 2 heterocycles. The number of benzene rings is 4. The van der Waals surface area contributed by atoms with E-state index in [9.17, 15) is 0 Å². The number of H-pyrrole nitrogens is 1. The molecule has 1 aliphatic rings. The first-order chi connectivity index (χ1) is 19.7. The highest BCUT2D eigenvalue weighted by Crippen LogP contribution is 2.40. The Balaban J connectivity index is 0.00000302. The number of rotatable bonds is 5. The zero-order chi connectivity index (χ0) is 27.1. The molecule has 1 nitrogen and oxygen atoms in total. The highest BCUT2D eigenvalue weighted by molar-refractivity contribution is 7.26. The number of aromatic nitrogens is 1. The van der Waals surface area contributed by atoms with Crippen molar-refractivity contribution >= 4 is 59.6 Å². The summed E-state index contributed by atoms with van der Waals surface area (Å²) in [4.78, 5) is 3.65. The van der Waals surface area contributed by atoms with Gasteiger partial charge in [-0.25, -0.2) is 0 Å². The molecule has 7 rings (SSSR count). The monoisotopic (exact) mass is 533 g/mol. The highest BCUT2D eigenvalue weighted by atomic mass is 32.1.